The minimum atomic E-state index is -0.181. The summed E-state index contributed by atoms with van der Waals surface area (Å²) in [5, 5.41) is 0. The first-order valence-corrected chi connectivity index (χ1v) is 10.2. The number of rotatable bonds is 11. The maximum absolute atomic E-state index is 12.3. The highest BCUT2D eigenvalue weighted by Crippen LogP contribution is 2.28. The number of nitrogens with zero attached hydrogens (tertiary/aromatic N) is 1. The van der Waals surface area contributed by atoms with E-state index < -0.39 is 0 Å². The monoisotopic (exact) mass is 389 g/mol. The molecule has 154 valence electrons. The number of methoxy groups -OCH3 is 1. The Morgan fingerprint density at radius 1 is 1.18 bits per heavy atom. The van der Waals surface area contributed by atoms with Gasteiger partial charge in [0.2, 0.25) is 0 Å². The number of carbonyl (C=O) groups is 2. The number of aromatic nitrogens is 1. The molecule has 1 aliphatic carbocycles. The van der Waals surface area contributed by atoms with Crippen LogP contribution in [0.4, 0.5) is 0 Å². The number of hydrogen-bond donors (Lipinski definition) is 0. The number of hydrogen-bond acceptors (Lipinski definition) is 6. The lowest BCUT2D eigenvalue weighted by Crippen LogP contribution is -2.15. The molecule has 1 aromatic heterocycles. The van der Waals surface area contributed by atoms with Crippen LogP contribution in [-0.2, 0) is 14.3 Å². The third-order valence-electron chi connectivity index (χ3n) is 4.84. The number of ketones is 1. The van der Waals surface area contributed by atoms with Crippen molar-refractivity contribution < 1.29 is 23.8 Å². The molecular weight excluding hydrogens is 358 g/mol. The Labute approximate surface area is 167 Å². The molecule has 0 aliphatic heterocycles. The van der Waals surface area contributed by atoms with E-state index in [0.29, 0.717) is 43.2 Å². The van der Waals surface area contributed by atoms with Crippen molar-refractivity contribution in [1.82, 2.24) is 4.98 Å². The molecule has 28 heavy (non-hydrogen) atoms. The molecular formula is C22H31NO5. The van der Waals surface area contributed by atoms with Crippen LogP contribution in [0.1, 0.15) is 64.0 Å². The highest BCUT2D eigenvalue weighted by molar-refractivity contribution is 5.95. The van der Waals surface area contributed by atoms with Gasteiger partial charge in [0, 0.05) is 18.4 Å². The van der Waals surface area contributed by atoms with E-state index in [1.54, 1.807) is 38.4 Å². The van der Waals surface area contributed by atoms with Crippen LogP contribution >= 0.6 is 0 Å². The van der Waals surface area contributed by atoms with E-state index in [9.17, 15) is 9.59 Å². The van der Waals surface area contributed by atoms with Crippen molar-refractivity contribution in [2.45, 2.75) is 58.3 Å². The van der Waals surface area contributed by atoms with Crippen molar-refractivity contribution in [3.63, 3.8) is 0 Å². The van der Waals surface area contributed by atoms with Crippen LogP contribution in [0, 0.1) is 5.92 Å². The SMILES string of the molecule is CCOC(=O)CCCCOc1cc(C=CC(=O)C2CCCCC2)ncc1OC. The van der Waals surface area contributed by atoms with Crippen LogP contribution in [0.3, 0.4) is 0 Å². The van der Waals surface area contributed by atoms with Gasteiger partial charge in [0.05, 0.1) is 32.2 Å². The molecule has 0 bridgehead atoms. The molecule has 0 saturated heterocycles. The Bertz CT molecular complexity index is 665. The standard InChI is InChI=1S/C22H31NO5/c1-3-27-22(25)11-7-8-14-28-20-15-18(23-16-21(20)26-2)12-13-19(24)17-9-5-4-6-10-17/h12-13,15-17H,3-11,14H2,1-2H3. The molecule has 1 saturated carbocycles. The Hall–Kier alpha value is -2.37. The van der Waals surface area contributed by atoms with E-state index in [1.165, 1.54) is 6.42 Å². The van der Waals surface area contributed by atoms with Crippen LogP contribution in [0.5, 0.6) is 11.5 Å². The highest BCUT2D eigenvalue weighted by Gasteiger charge is 2.18. The minimum absolute atomic E-state index is 0.151. The lowest BCUT2D eigenvalue weighted by atomic mass is 9.86. The summed E-state index contributed by atoms with van der Waals surface area (Å²) in [4.78, 5) is 28.0. The smallest absolute Gasteiger partial charge is 0.305 e. The third-order valence-corrected chi connectivity index (χ3v) is 4.84. The van der Waals surface area contributed by atoms with Crippen molar-refractivity contribution >= 4 is 17.8 Å². The molecule has 0 amide bonds. The first-order chi connectivity index (χ1) is 13.6. The normalized spacial score (nSPS) is 14.8. The van der Waals surface area contributed by atoms with Crippen LogP contribution in [-0.4, -0.2) is 37.1 Å². The Morgan fingerprint density at radius 2 is 1.96 bits per heavy atom. The van der Waals surface area contributed by atoms with Gasteiger partial charge in [-0.25, -0.2) is 0 Å². The van der Waals surface area contributed by atoms with Crippen molar-refractivity contribution in [2.75, 3.05) is 20.3 Å². The predicted molar refractivity (Wildman–Crippen MR) is 107 cm³/mol. The molecule has 6 heteroatoms. The van der Waals surface area contributed by atoms with E-state index in [1.807, 2.05) is 0 Å². The number of unbranched alkanes of at least 4 members (excludes halogenated alkanes) is 1. The second-order valence-electron chi connectivity index (χ2n) is 6.94. The molecule has 0 aromatic carbocycles. The number of ether oxygens (including phenoxy) is 3. The van der Waals surface area contributed by atoms with E-state index in [4.69, 9.17) is 14.2 Å². The largest absolute Gasteiger partial charge is 0.491 e. The second kappa shape index (κ2) is 12.2. The van der Waals surface area contributed by atoms with E-state index in [2.05, 4.69) is 4.98 Å². The molecule has 0 spiro atoms. The van der Waals surface area contributed by atoms with E-state index in [-0.39, 0.29) is 17.7 Å². The molecule has 6 nitrogen and oxygen atoms in total. The third kappa shape index (κ3) is 7.33. The average Bonchev–Trinajstić information content (AvgIpc) is 2.72. The molecule has 1 fully saturated rings. The zero-order valence-corrected chi connectivity index (χ0v) is 16.9. The van der Waals surface area contributed by atoms with Gasteiger partial charge in [-0.05, 0) is 44.8 Å². The minimum Gasteiger partial charge on any atom is -0.491 e. The molecule has 1 aliphatic rings. The summed E-state index contributed by atoms with van der Waals surface area (Å²) in [5.74, 6) is 1.27. The van der Waals surface area contributed by atoms with Gasteiger partial charge in [0.1, 0.15) is 0 Å². The summed E-state index contributed by atoms with van der Waals surface area (Å²) >= 11 is 0. The van der Waals surface area contributed by atoms with Gasteiger partial charge in [0.25, 0.3) is 0 Å². The van der Waals surface area contributed by atoms with Gasteiger partial charge >= 0.3 is 5.97 Å². The van der Waals surface area contributed by atoms with Gasteiger partial charge in [-0.3, -0.25) is 14.6 Å². The fourth-order valence-electron chi connectivity index (χ4n) is 3.27. The summed E-state index contributed by atoms with van der Waals surface area (Å²) in [6.45, 7) is 2.67. The van der Waals surface area contributed by atoms with Crippen LogP contribution < -0.4 is 9.47 Å². The van der Waals surface area contributed by atoms with E-state index >= 15 is 0 Å². The number of pyridine rings is 1. The fourth-order valence-corrected chi connectivity index (χ4v) is 3.27. The highest BCUT2D eigenvalue weighted by atomic mass is 16.5. The second-order valence-corrected chi connectivity index (χ2v) is 6.94. The summed E-state index contributed by atoms with van der Waals surface area (Å²) < 4.78 is 16.0. The van der Waals surface area contributed by atoms with Crippen molar-refractivity contribution in [1.29, 1.82) is 0 Å². The molecule has 0 atom stereocenters. The van der Waals surface area contributed by atoms with Gasteiger partial charge in [-0.15, -0.1) is 0 Å². The molecule has 0 radical (unpaired) electrons. The summed E-state index contributed by atoms with van der Waals surface area (Å²) in [7, 11) is 1.56. The summed E-state index contributed by atoms with van der Waals surface area (Å²) in [6.07, 6.45) is 12.3. The van der Waals surface area contributed by atoms with Crippen LogP contribution in [0.15, 0.2) is 18.3 Å². The lowest BCUT2D eigenvalue weighted by molar-refractivity contribution is -0.143. The number of carbonyl (C=O) groups excluding carboxylic acids is 2. The topological polar surface area (TPSA) is 74.7 Å². The maximum Gasteiger partial charge on any atom is 0.305 e. The Kier molecular flexibility index (Phi) is 9.52. The van der Waals surface area contributed by atoms with Crippen molar-refractivity contribution in [3.8, 4) is 11.5 Å². The summed E-state index contributed by atoms with van der Waals surface area (Å²) in [6, 6.07) is 1.77. The first kappa shape index (κ1) is 21.9. The van der Waals surface area contributed by atoms with Crippen LogP contribution in [0.2, 0.25) is 0 Å². The van der Waals surface area contributed by atoms with Gasteiger partial charge in [-0.2, -0.15) is 0 Å². The first-order valence-electron chi connectivity index (χ1n) is 10.2. The lowest BCUT2D eigenvalue weighted by Gasteiger charge is -2.18. The zero-order valence-electron chi connectivity index (χ0n) is 16.9. The molecule has 0 N–H and O–H groups in total. The Balaban J connectivity index is 1.87. The number of esters is 1. The molecule has 1 aromatic rings. The van der Waals surface area contributed by atoms with Crippen molar-refractivity contribution in [2.24, 2.45) is 5.92 Å². The Morgan fingerprint density at radius 3 is 2.68 bits per heavy atom. The van der Waals surface area contributed by atoms with Gasteiger partial charge in [-0.1, -0.05) is 19.3 Å². The van der Waals surface area contributed by atoms with Gasteiger partial charge < -0.3 is 14.2 Å². The fraction of sp³-hybridized carbons (Fsp3) is 0.591. The van der Waals surface area contributed by atoms with E-state index in [0.717, 1.165) is 32.1 Å². The summed E-state index contributed by atoms with van der Waals surface area (Å²) in [5.41, 5.74) is 0.659. The molecule has 2 rings (SSSR count). The average molecular weight is 389 g/mol. The predicted octanol–water partition coefficient (Wildman–Crippen LogP) is 4.37. The van der Waals surface area contributed by atoms with Crippen molar-refractivity contribution in [3.05, 3.63) is 24.0 Å². The molecule has 0 unspecified atom stereocenters. The molecule has 1 heterocycles. The zero-order chi connectivity index (χ0) is 20.2. The van der Waals surface area contributed by atoms with Crippen LogP contribution in [0.25, 0.3) is 6.08 Å². The quantitative estimate of drug-likeness (QED) is 0.318. The maximum atomic E-state index is 12.3. The van der Waals surface area contributed by atoms with Gasteiger partial charge in [0.15, 0.2) is 17.3 Å². The number of allylic oxidation sites excluding steroid dienone is 1.